The number of nitrogens with one attached hydrogen (secondary N) is 2. The number of H-pyrrole nitrogens is 2. The van der Waals surface area contributed by atoms with Crippen LogP contribution < -0.4 is 11.5 Å². The Labute approximate surface area is 162 Å². The Bertz CT molecular complexity index is 1250. The summed E-state index contributed by atoms with van der Waals surface area (Å²) in [6.07, 6.45) is 3.33. The summed E-state index contributed by atoms with van der Waals surface area (Å²) >= 11 is 3.43. The lowest BCUT2D eigenvalue weighted by Crippen LogP contribution is -2.21. The number of primary amides is 2. The van der Waals surface area contributed by atoms with E-state index in [1.165, 1.54) is 0 Å². The van der Waals surface area contributed by atoms with Crippen LogP contribution >= 0.6 is 15.9 Å². The molecule has 0 bridgehead atoms. The Morgan fingerprint density at radius 1 is 0.778 bits per heavy atom. The van der Waals surface area contributed by atoms with Crippen LogP contribution in [0.2, 0.25) is 0 Å². The molecule has 4 aromatic rings. The van der Waals surface area contributed by atoms with Gasteiger partial charge >= 0.3 is 0 Å². The fourth-order valence-electron chi connectivity index (χ4n) is 3.36. The number of rotatable bonds is 4. The van der Waals surface area contributed by atoms with Gasteiger partial charge in [-0.25, -0.2) is 0 Å². The number of carbonyl (C=O) groups excluding carboxylic acids is 2. The van der Waals surface area contributed by atoms with Gasteiger partial charge < -0.3 is 21.4 Å². The molecule has 0 saturated carbocycles. The number of fused-ring (bicyclic) bond motifs is 2. The summed E-state index contributed by atoms with van der Waals surface area (Å²) in [5.41, 5.74) is 14.3. The molecule has 0 saturated heterocycles. The lowest BCUT2D eigenvalue weighted by molar-refractivity contribution is -0.114. The second kappa shape index (κ2) is 6.44. The second-order valence-electron chi connectivity index (χ2n) is 6.12. The van der Waals surface area contributed by atoms with Crippen LogP contribution in [0.5, 0.6) is 0 Å². The van der Waals surface area contributed by atoms with Crippen LogP contribution in [0.3, 0.4) is 0 Å². The zero-order chi connectivity index (χ0) is 19.1. The van der Waals surface area contributed by atoms with E-state index in [9.17, 15) is 9.59 Å². The molecular formula is C20H15BrN4O2. The molecule has 2 aromatic carbocycles. The predicted octanol–water partition coefficient (Wildman–Crippen LogP) is 3.29. The second-order valence-corrected chi connectivity index (χ2v) is 7.03. The van der Waals surface area contributed by atoms with E-state index in [2.05, 4.69) is 25.9 Å². The van der Waals surface area contributed by atoms with Crippen LogP contribution in [0.25, 0.3) is 33.0 Å². The van der Waals surface area contributed by atoms with Crippen molar-refractivity contribution in [3.63, 3.8) is 0 Å². The van der Waals surface area contributed by atoms with E-state index < -0.39 is 11.8 Å². The average molecular weight is 423 g/mol. The third-order valence-corrected chi connectivity index (χ3v) is 5.01. The molecule has 0 unspecified atom stereocenters. The van der Waals surface area contributed by atoms with E-state index in [-0.39, 0.29) is 11.1 Å². The van der Waals surface area contributed by atoms with Crippen molar-refractivity contribution in [1.29, 1.82) is 0 Å². The van der Waals surface area contributed by atoms with Crippen molar-refractivity contribution in [3.8, 4) is 0 Å². The number of nitrogens with two attached hydrogens (primary N) is 2. The predicted molar refractivity (Wildman–Crippen MR) is 110 cm³/mol. The number of amides is 2. The number of carbonyl (C=O) groups is 2. The van der Waals surface area contributed by atoms with E-state index in [0.29, 0.717) is 11.1 Å². The SMILES string of the molecule is NC(=O)C(=C(C(N)=O)c1c[nH]c2ccc(Br)cc12)c1c[nH]c2ccccc12. The quantitative estimate of drug-likeness (QED) is 0.377. The Morgan fingerprint density at radius 3 is 1.96 bits per heavy atom. The first kappa shape index (κ1) is 17.1. The van der Waals surface area contributed by atoms with Crippen molar-refractivity contribution in [2.75, 3.05) is 0 Å². The molecule has 0 atom stereocenters. The summed E-state index contributed by atoms with van der Waals surface area (Å²) in [6.45, 7) is 0. The third kappa shape index (κ3) is 2.82. The maximum absolute atomic E-state index is 12.4. The van der Waals surface area contributed by atoms with Gasteiger partial charge in [-0.1, -0.05) is 34.1 Å². The zero-order valence-corrected chi connectivity index (χ0v) is 15.6. The van der Waals surface area contributed by atoms with E-state index >= 15 is 0 Å². The Balaban J connectivity index is 2.10. The van der Waals surface area contributed by atoms with Crippen molar-refractivity contribution >= 4 is 60.7 Å². The number of halogens is 1. The van der Waals surface area contributed by atoms with Crippen molar-refractivity contribution in [2.45, 2.75) is 0 Å². The first-order valence-electron chi connectivity index (χ1n) is 8.14. The fraction of sp³-hybridized carbons (Fsp3) is 0. The number of para-hydroxylation sites is 1. The Kier molecular flexibility index (Phi) is 4.08. The van der Waals surface area contributed by atoms with Gasteiger partial charge in [0.15, 0.2) is 0 Å². The van der Waals surface area contributed by atoms with Crippen molar-refractivity contribution in [1.82, 2.24) is 9.97 Å². The summed E-state index contributed by atoms with van der Waals surface area (Å²) in [6, 6.07) is 13.1. The molecule has 27 heavy (non-hydrogen) atoms. The van der Waals surface area contributed by atoms with Gasteiger partial charge in [-0.15, -0.1) is 0 Å². The molecule has 0 aliphatic rings. The maximum Gasteiger partial charge on any atom is 0.250 e. The molecule has 2 amide bonds. The van der Waals surface area contributed by atoms with Crippen LogP contribution in [-0.2, 0) is 9.59 Å². The summed E-state index contributed by atoms with van der Waals surface area (Å²) in [5, 5.41) is 1.54. The van der Waals surface area contributed by atoms with Gasteiger partial charge in [0.2, 0.25) is 11.8 Å². The summed E-state index contributed by atoms with van der Waals surface area (Å²) in [7, 11) is 0. The van der Waals surface area contributed by atoms with Gasteiger partial charge in [0.25, 0.3) is 0 Å². The molecule has 0 spiro atoms. The van der Waals surface area contributed by atoms with Gasteiger partial charge in [0, 0.05) is 49.8 Å². The zero-order valence-electron chi connectivity index (χ0n) is 14.0. The summed E-state index contributed by atoms with van der Waals surface area (Å²) in [4.78, 5) is 31.0. The first-order chi connectivity index (χ1) is 13.0. The average Bonchev–Trinajstić information content (AvgIpc) is 3.23. The standard InChI is InChI=1S/C20H15BrN4O2/c21-10-5-6-16-12(7-10)14(9-25-16)18(20(23)27)17(19(22)26)13-8-24-15-4-2-1-3-11(13)15/h1-9,24-25H,(H2,22,26)(H2,23,27). The van der Waals surface area contributed by atoms with Crippen LogP contribution in [0.1, 0.15) is 11.1 Å². The lowest BCUT2D eigenvalue weighted by Gasteiger charge is -2.10. The number of hydrogen-bond acceptors (Lipinski definition) is 2. The molecule has 0 fully saturated rings. The first-order valence-corrected chi connectivity index (χ1v) is 8.94. The molecule has 0 aliphatic heterocycles. The van der Waals surface area contributed by atoms with E-state index in [1.807, 2.05) is 42.5 Å². The third-order valence-electron chi connectivity index (χ3n) is 4.51. The molecule has 4 rings (SSSR count). The van der Waals surface area contributed by atoms with Crippen molar-refractivity contribution < 1.29 is 9.59 Å². The largest absolute Gasteiger partial charge is 0.366 e. The minimum Gasteiger partial charge on any atom is -0.366 e. The lowest BCUT2D eigenvalue weighted by atomic mass is 9.93. The van der Waals surface area contributed by atoms with Gasteiger partial charge in [-0.3, -0.25) is 9.59 Å². The topological polar surface area (TPSA) is 118 Å². The number of aromatic nitrogens is 2. The Hall–Kier alpha value is -3.32. The minimum atomic E-state index is -0.727. The number of hydrogen-bond donors (Lipinski definition) is 4. The number of aromatic amines is 2. The van der Waals surface area contributed by atoms with Crippen molar-refractivity contribution in [2.24, 2.45) is 11.5 Å². The monoisotopic (exact) mass is 422 g/mol. The number of benzene rings is 2. The smallest absolute Gasteiger partial charge is 0.250 e. The van der Waals surface area contributed by atoms with E-state index in [4.69, 9.17) is 11.5 Å². The van der Waals surface area contributed by atoms with Gasteiger partial charge in [-0.2, -0.15) is 0 Å². The normalized spacial score (nSPS) is 12.3. The molecule has 6 nitrogen and oxygen atoms in total. The minimum absolute atomic E-state index is 0.0802. The molecule has 0 radical (unpaired) electrons. The van der Waals surface area contributed by atoms with E-state index in [1.54, 1.807) is 12.4 Å². The van der Waals surface area contributed by atoms with Gasteiger partial charge in [0.1, 0.15) is 0 Å². The van der Waals surface area contributed by atoms with Crippen LogP contribution in [-0.4, -0.2) is 21.8 Å². The van der Waals surface area contributed by atoms with Crippen molar-refractivity contribution in [3.05, 3.63) is 70.5 Å². The highest BCUT2D eigenvalue weighted by Gasteiger charge is 2.25. The molecule has 7 heteroatoms. The highest BCUT2D eigenvalue weighted by atomic mass is 79.9. The van der Waals surface area contributed by atoms with E-state index in [0.717, 1.165) is 26.3 Å². The fourth-order valence-corrected chi connectivity index (χ4v) is 3.72. The van der Waals surface area contributed by atoms with Gasteiger partial charge in [0.05, 0.1) is 11.1 Å². The highest BCUT2D eigenvalue weighted by Crippen LogP contribution is 2.35. The molecule has 134 valence electrons. The molecule has 2 heterocycles. The Morgan fingerprint density at radius 2 is 1.33 bits per heavy atom. The highest BCUT2D eigenvalue weighted by molar-refractivity contribution is 9.10. The molecule has 2 aromatic heterocycles. The molecule has 0 aliphatic carbocycles. The van der Waals surface area contributed by atoms with Gasteiger partial charge in [-0.05, 0) is 24.3 Å². The molecular weight excluding hydrogens is 408 g/mol. The molecule has 6 N–H and O–H groups in total. The summed E-state index contributed by atoms with van der Waals surface area (Å²) < 4.78 is 0.840. The van der Waals surface area contributed by atoms with Crippen LogP contribution in [0.4, 0.5) is 0 Å². The van der Waals surface area contributed by atoms with Crippen LogP contribution in [0.15, 0.2) is 59.3 Å². The summed E-state index contributed by atoms with van der Waals surface area (Å²) in [5.74, 6) is -1.45. The maximum atomic E-state index is 12.4. The van der Waals surface area contributed by atoms with Crippen LogP contribution in [0, 0.1) is 0 Å².